The number of rotatable bonds is 5. The third kappa shape index (κ3) is 3.75. The van der Waals surface area contributed by atoms with Gasteiger partial charge in [0, 0.05) is 10.9 Å². The van der Waals surface area contributed by atoms with Gasteiger partial charge in [0.2, 0.25) is 5.91 Å². The molecule has 4 aromatic rings. The lowest BCUT2D eigenvalue weighted by Gasteiger charge is -2.12. The van der Waals surface area contributed by atoms with Gasteiger partial charge >= 0.3 is 0 Å². The molecule has 1 atom stereocenters. The van der Waals surface area contributed by atoms with Crippen LogP contribution in [0, 0.1) is 0 Å². The summed E-state index contributed by atoms with van der Waals surface area (Å²) in [6.07, 6.45) is 0. The van der Waals surface area contributed by atoms with Gasteiger partial charge in [-0.2, -0.15) is 0 Å². The lowest BCUT2D eigenvalue weighted by atomic mass is 9.97. The Kier molecular flexibility index (Phi) is 5.08. The van der Waals surface area contributed by atoms with Gasteiger partial charge in [-0.05, 0) is 35.4 Å². The van der Waals surface area contributed by atoms with Crippen LogP contribution in [0.3, 0.4) is 0 Å². The number of nitrogens with one attached hydrogen (secondary N) is 1. The smallest absolute Gasteiger partial charge is 0.233 e. The van der Waals surface area contributed by atoms with E-state index in [0.29, 0.717) is 5.13 Å². The average Bonchev–Trinajstić information content (AvgIpc) is 3.21. The number of carbonyl (C=O) groups excluding carboxylic acids is 1. The number of aromatic nitrogens is 1. The Hall–Kier alpha value is -3.18. The van der Waals surface area contributed by atoms with E-state index in [1.807, 2.05) is 73.0 Å². The van der Waals surface area contributed by atoms with E-state index >= 15 is 0 Å². The molecule has 0 fully saturated rings. The first-order chi connectivity index (χ1) is 13.6. The third-order valence-electron chi connectivity index (χ3n) is 4.77. The molecule has 0 bridgehead atoms. The molecule has 1 unspecified atom stereocenters. The van der Waals surface area contributed by atoms with Crippen molar-refractivity contribution in [1.82, 2.24) is 4.98 Å². The zero-order valence-corrected chi connectivity index (χ0v) is 16.5. The predicted molar refractivity (Wildman–Crippen MR) is 115 cm³/mol. The first-order valence-corrected chi connectivity index (χ1v) is 9.91. The molecule has 0 saturated heterocycles. The average molecular weight is 388 g/mol. The van der Waals surface area contributed by atoms with Crippen molar-refractivity contribution in [3.63, 3.8) is 0 Å². The summed E-state index contributed by atoms with van der Waals surface area (Å²) < 4.78 is 5.27. The highest BCUT2D eigenvalue weighted by atomic mass is 32.1. The van der Waals surface area contributed by atoms with E-state index < -0.39 is 0 Å². The summed E-state index contributed by atoms with van der Waals surface area (Å²) >= 11 is 1.44. The molecule has 140 valence electrons. The molecular weight excluding hydrogens is 368 g/mol. The highest BCUT2D eigenvalue weighted by molar-refractivity contribution is 7.14. The fraction of sp³-hybridized carbons (Fsp3) is 0.130. The minimum Gasteiger partial charge on any atom is -0.497 e. The predicted octanol–water partition coefficient (Wildman–Crippen LogP) is 5.71. The minimum absolute atomic E-state index is 0.0678. The Morgan fingerprint density at radius 3 is 2.57 bits per heavy atom. The molecule has 5 heteroatoms. The van der Waals surface area contributed by atoms with Gasteiger partial charge < -0.3 is 10.1 Å². The van der Waals surface area contributed by atoms with Crippen molar-refractivity contribution in [2.45, 2.75) is 12.8 Å². The van der Waals surface area contributed by atoms with Crippen molar-refractivity contribution in [3.8, 4) is 17.0 Å². The quantitative estimate of drug-likeness (QED) is 0.476. The monoisotopic (exact) mass is 388 g/mol. The van der Waals surface area contributed by atoms with Crippen LogP contribution >= 0.6 is 11.3 Å². The summed E-state index contributed by atoms with van der Waals surface area (Å²) in [6.45, 7) is 1.91. The summed E-state index contributed by atoms with van der Waals surface area (Å²) in [5, 5.41) is 7.68. The molecule has 0 aliphatic rings. The summed E-state index contributed by atoms with van der Waals surface area (Å²) in [7, 11) is 1.66. The molecule has 0 aliphatic carbocycles. The Morgan fingerprint density at radius 1 is 1.04 bits per heavy atom. The highest BCUT2D eigenvalue weighted by Crippen LogP contribution is 2.28. The van der Waals surface area contributed by atoms with Crippen LogP contribution in [0.1, 0.15) is 18.4 Å². The second kappa shape index (κ2) is 7.82. The Morgan fingerprint density at radius 2 is 1.79 bits per heavy atom. The van der Waals surface area contributed by atoms with Crippen molar-refractivity contribution in [2.24, 2.45) is 0 Å². The summed E-state index contributed by atoms with van der Waals surface area (Å²) in [6, 6.07) is 21.9. The van der Waals surface area contributed by atoms with Crippen LogP contribution in [-0.4, -0.2) is 18.0 Å². The maximum absolute atomic E-state index is 12.7. The number of hydrogen-bond acceptors (Lipinski definition) is 4. The van der Waals surface area contributed by atoms with Gasteiger partial charge in [0.25, 0.3) is 0 Å². The van der Waals surface area contributed by atoms with E-state index in [1.54, 1.807) is 7.11 Å². The van der Waals surface area contributed by atoms with Gasteiger partial charge in [0.05, 0.1) is 18.7 Å². The van der Waals surface area contributed by atoms with Gasteiger partial charge in [-0.15, -0.1) is 11.3 Å². The van der Waals surface area contributed by atoms with Crippen molar-refractivity contribution in [3.05, 3.63) is 77.7 Å². The number of amides is 1. The van der Waals surface area contributed by atoms with E-state index in [9.17, 15) is 4.79 Å². The van der Waals surface area contributed by atoms with Crippen molar-refractivity contribution in [1.29, 1.82) is 0 Å². The molecule has 28 heavy (non-hydrogen) atoms. The molecule has 1 aromatic heterocycles. The minimum atomic E-state index is -0.282. The molecule has 0 aliphatic heterocycles. The van der Waals surface area contributed by atoms with Gasteiger partial charge in [0.15, 0.2) is 5.13 Å². The number of ether oxygens (including phenoxy) is 1. The first-order valence-electron chi connectivity index (χ1n) is 9.03. The van der Waals surface area contributed by atoms with Gasteiger partial charge in [-0.3, -0.25) is 4.79 Å². The van der Waals surface area contributed by atoms with E-state index in [2.05, 4.69) is 16.4 Å². The summed E-state index contributed by atoms with van der Waals surface area (Å²) in [5.74, 6) is 0.474. The number of benzene rings is 3. The van der Waals surface area contributed by atoms with Crippen LogP contribution in [-0.2, 0) is 4.79 Å². The lowest BCUT2D eigenvalue weighted by Crippen LogP contribution is -2.18. The van der Waals surface area contributed by atoms with Gasteiger partial charge in [-0.25, -0.2) is 4.98 Å². The van der Waals surface area contributed by atoms with Crippen molar-refractivity contribution < 1.29 is 9.53 Å². The zero-order valence-electron chi connectivity index (χ0n) is 15.7. The third-order valence-corrected chi connectivity index (χ3v) is 5.53. The number of nitrogens with zero attached hydrogens (tertiary/aromatic N) is 1. The maximum atomic E-state index is 12.7. The van der Waals surface area contributed by atoms with Gasteiger partial charge in [-0.1, -0.05) is 54.6 Å². The molecule has 0 spiro atoms. The van der Waals surface area contributed by atoms with E-state index in [1.165, 1.54) is 11.3 Å². The standard InChI is InChI=1S/C23H20N2O2S/c1-15(17-8-9-19-13-20(27-2)11-10-18(19)12-17)22(26)25-23-24-21(14-28-23)16-6-4-3-5-7-16/h3-15H,1-2H3,(H,24,25,26). The molecule has 1 N–H and O–H groups in total. The summed E-state index contributed by atoms with van der Waals surface area (Å²) in [5.41, 5.74) is 2.88. The second-order valence-corrected chi connectivity index (χ2v) is 7.45. The van der Waals surface area contributed by atoms with Crippen LogP contribution in [0.2, 0.25) is 0 Å². The lowest BCUT2D eigenvalue weighted by molar-refractivity contribution is -0.117. The molecule has 0 saturated carbocycles. The van der Waals surface area contributed by atoms with Crippen molar-refractivity contribution >= 4 is 33.1 Å². The highest BCUT2D eigenvalue weighted by Gasteiger charge is 2.17. The number of anilines is 1. The largest absolute Gasteiger partial charge is 0.497 e. The molecule has 1 heterocycles. The molecule has 3 aromatic carbocycles. The normalized spacial score (nSPS) is 11.9. The number of thiazole rings is 1. The van der Waals surface area contributed by atoms with Gasteiger partial charge in [0.1, 0.15) is 5.75 Å². The van der Waals surface area contributed by atoms with E-state index in [4.69, 9.17) is 4.74 Å². The van der Waals surface area contributed by atoms with E-state index in [-0.39, 0.29) is 11.8 Å². The second-order valence-electron chi connectivity index (χ2n) is 6.59. The number of carbonyl (C=O) groups is 1. The zero-order chi connectivity index (χ0) is 19.5. The molecular formula is C23H20N2O2S. The van der Waals surface area contributed by atoms with Crippen LogP contribution < -0.4 is 10.1 Å². The number of methoxy groups -OCH3 is 1. The van der Waals surface area contributed by atoms with Crippen LogP contribution in [0.4, 0.5) is 5.13 Å². The molecule has 1 amide bonds. The summed E-state index contributed by atoms with van der Waals surface area (Å²) in [4.78, 5) is 17.3. The Balaban J connectivity index is 1.50. The maximum Gasteiger partial charge on any atom is 0.233 e. The number of fused-ring (bicyclic) bond motifs is 1. The SMILES string of the molecule is COc1ccc2cc(C(C)C(=O)Nc3nc(-c4ccccc4)cs3)ccc2c1. The molecule has 4 nitrogen and oxygen atoms in total. The van der Waals surface area contributed by atoms with Crippen molar-refractivity contribution in [2.75, 3.05) is 12.4 Å². The Bertz CT molecular complexity index is 1120. The fourth-order valence-electron chi connectivity index (χ4n) is 3.08. The first kappa shape index (κ1) is 18.2. The fourth-order valence-corrected chi connectivity index (χ4v) is 3.80. The number of hydrogen-bond donors (Lipinski definition) is 1. The van der Waals surface area contributed by atoms with Crippen LogP contribution in [0.25, 0.3) is 22.0 Å². The van der Waals surface area contributed by atoms with Crippen LogP contribution in [0.15, 0.2) is 72.1 Å². The Labute approximate surface area is 167 Å². The van der Waals surface area contributed by atoms with E-state index in [0.717, 1.165) is 33.3 Å². The molecule has 0 radical (unpaired) electrons. The topological polar surface area (TPSA) is 51.2 Å². The van der Waals surface area contributed by atoms with Crippen LogP contribution in [0.5, 0.6) is 5.75 Å². The molecule has 4 rings (SSSR count).